The first-order chi connectivity index (χ1) is 9.22. The van der Waals surface area contributed by atoms with Crippen LogP contribution in [0.15, 0.2) is 28.2 Å². The maximum atomic E-state index is 11.9. The van der Waals surface area contributed by atoms with Crippen molar-refractivity contribution in [3.8, 4) is 11.8 Å². The fraction of sp³-hybridized carbons (Fsp3) is 0.214. The molecule has 2 aromatic rings. The van der Waals surface area contributed by atoms with E-state index < -0.39 is 0 Å². The number of carbonyl (C=O) groups excluding carboxylic acids is 1. The van der Waals surface area contributed by atoms with Crippen molar-refractivity contribution >= 4 is 17.2 Å². The van der Waals surface area contributed by atoms with Crippen molar-refractivity contribution in [2.24, 2.45) is 5.73 Å². The van der Waals surface area contributed by atoms with Crippen LogP contribution in [0.4, 0.5) is 0 Å². The summed E-state index contributed by atoms with van der Waals surface area (Å²) in [7, 11) is 0. The molecule has 0 aliphatic carbocycles. The Kier molecular flexibility index (Phi) is 4.39. The summed E-state index contributed by atoms with van der Waals surface area (Å²) in [4.78, 5) is 12.9. The molecule has 0 radical (unpaired) electrons. The lowest BCUT2D eigenvalue weighted by Gasteiger charge is -2.03. The Hall–Kier alpha value is -2.03. The molecule has 98 valence electrons. The first kappa shape index (κ1) is 13.4. The van der Waals surface area contributed by atoms with Crippen LogP contribution in [-0.2, 0) is 6.54 Å². The van der Waals surface area contributed by atoms with E-state index in [9.17, 15) is 4.79 Å². The van der Waals surface area contributed by atoms with Gasteiger partial charge in [-0.15, -0.1) is 11.3 Å². The van der Waals surface area contributed by atoms with Gasteiger partial charge in [0.1, 0.15) is 5.76 Å². The smallest absolute Gasteiger partial charge is 0.255 e. The van der Waals surface area contributed by atoms with Crippen LogP contribution in [0.5, 0.6) is 0 Å². The Morgan fingerprint density at radius 2 is 2.37 bits per heavy atom. The first-order valence-electron chi connectivity index (χ1n) is 5.80. The highest BCUT2D eigenvalue weighted by Crippen LogP contribution is 2.16. The van der Waals surface area contributed by atoms with Crippen molar-refractivity contribution in [3.63, 3.8) is 0 Å². The molecule has 4 nitrogen and oxygen atoms in total. The van der Waals surface area contributed by atoms with Crippen LogP contribution in [-0.4, -0.2) is 12.5 Å². The van der Waals surface area contributed by atoms with Crippen molar-refractivity contribution in [2.45, 2.75) is 13.5 Å². The quantitative estimate of drug-likeness (QED) is 0.840. The van der Waals surface area contributed by atoms with Gasteiger partial charge in [-0.1, -0.05) is 11.8 Å². The van der Waals surface area contributed by atoms with Gasteiger partial charge in [0, 0.05) is 10.4 Å². The molecule has 2 aromatic heterocycles. The zero-order chi connectivity index (χ0) is 13.7. The number of nitrogens with one attached hydrogen (secondary N) is 1. The molecule has 2 rings (SSSR count). The van der Waals surface area contributed by atoms with Crippen molar-refractivity contribution in [1.82, 2.24) is 5.32 Å². The van der Waals surface area contributed by atoms with Crippen LogP contribution in [0.1, 0.15) is 26.6 Å². The minimum absolute atomic E-state index is 0.141. The zero-order valence-corrected chi connectivity index (χ0v) is 11.3. The van der Waals surface area contributed by atoms with E-state index in [4.69, 9.17) is 10.2 Å². The summed E-state index contributed by atoms with van der Waals surface area (Å²) in [6, 6.07) is 3.59. The Labute approximate surface area is 115 Å². The van der Waals surface area contributed by atoms with Crippen LogP contribution >= 0.6 is 11.3 Å². The third-order valence-electron chi connectivity index (χ3n) is 2.58. The number of aryl methyl sites for hydroxylation is 1. The number of nitrogens with two attached hydrogens (primary N) is 1. The van der Waals surface area contributed by atoms with E-state index in [2.05, 4.69) is 17.2 Å². The molecule has 0 spiro atoms. The van der Waals surface area contributed by atoms with Gasteiger partial charge in [0.15, 0.2) is 0 Å². The lowest BCUT2D eigenvalue weighted by atomic mass is 10.2. The average Bonchev–Trinajstić information content (AvgIpc) is 3.02. The standard InChI is InChI=1S/C14H14N2O2S/c1-10-12(4-7-18-10)14(17)16-9-13-11(3-2-6-15)5-8-19-13/h4-5,7-8H,6,9,15H2,1H3,(H,16,17). The second-order valence-electron chi connectivity index (χ2n) is 3.84. The molecule has 0 aliphatic heterocycles. The summed E-state index contributed by atoms with van der Waals surface area (Å²) >= 11 is 1.56. The van der Waals surface area contributed by atoms with Crippen LogP contribution in [0.2, 0.25) is 0 Å². The second kappa shape index (κ2) is 6.23. The molecule has 0 unspecified atom stereocenters. The first-order valence-corrected chi connectivity index (χ1v) is 6.68. The fourth-order valence-corrected chi connectivity index (χ4v) is 2.38. The van der Waals surface area contributed by atoms with Gasteiger partial charge in [0.2, 0.25) is 0 Å². The monoisotopic (exact) mass is 274 g/mol. The van der Waals surface area contributed by atoms with Gasteiger partial charge >= 0.3 is 0 Å². The van der Waals surface area contributed by atoms with E-state index in [-0.39, 0.29) is 5.91 Å². The van der Waals surface area contributed by atoms with Crippen LogP contribution in [0.3, 0.4) is 0 Å². The second-order valence-corrected chi connectivity index (χ2v) is 4.84. The van der Waals surface area contributed by atoms with Crippen molar-refractivity contribution in [3.05, 3.63) is 45.5 Å². The number of furan rings is 1. The highest BCUT2D eigenvalue weighted by Gasteiger charge is 2.11. The van der Waals surface area contributed by atoms with Crippen molar-refractivity contribution in [2.75, 3.05) is 6.54 Å². The molecule has 0 bridgehead atoms. The molecule has 5 heteroatoms. The molecule has 0 atom stereocenters. The van der Waals surface area contributed by atoms with Gasteiger partial charge in [-0.25, -0.2) is 0 Å². The summed E-state index contributed by atoms with van der Waals surface area (Å²) in [5.74, 6) is 6.28. The van der Waals surface area contributed by atoms with Gasteiger partial charge in [-0.2, -0.15) is 0 Å². The normalized spacial score (nSPS) is 9.79. The minimum Gasteiger partial charge on any atom is -0.469 e. The van der Waals surface area contributed by atoms with Gasteiger partial charge in [-0.3, -0.25) is 4.79 Å². The van der Waals surface area contributed by atoms with E-state index in [1.165, 1.54) is 6.26 Å². The number of carbonyl (C=O) groups is 1. The van der Waals surface area contributed by atoms with Gasteiger partial charge < -0.3 is 15.5 Å². The van der Waals surface area contributed by atoms with Crippen molar-refractivity contribution in [1.29, 1.82) is 0 Å². The average molecular weight is 274 g/mol. The van der Waals surface area contributed by atoms with Crippen molar-refractivity contribution < 1.29 is 9.21 Å². The lowest BCUT2D eigenvalue weighted by molar-refractivity contribution is 0.0950. The maximum absolute atomic E-state index is 11.9. The van der Waals surface area contributed by atoms with Gasteiger partial charge in [-0.05, 0) is 24.4 Å². The molecule has 0 fully saturated rings. The summed E-state index contributed by atoms with van der Waals surface area (Å²) in [5, 5.41) is 4.81. The lowest BCUT2D eigenvalue weighted by Crippen LogP contribution is -2.22. The highest BCUT2D eigenvalue weighted by molar-refractivity contribution is 7.10. The molecule has 3 N–H and O–H groups in total. The SMILES string of the molecule is Cc1occc1C(=O)NCc1sccc1C#CCN. The van der Waals surface area contributed by atoms with E-state index in [1.807, 2.05) is 11.4 Å². The number of rotatable bonds is 3. The molecule has 0 saturated heterocycles. The van der Waals surface area contributed by atoms with E-state index in [1.54, 1.807) is 24.3 Å². The Morgan fingerprint density at radius 3 is 3.05 bits per heavy atom. The number of hydrogen-bond donors (Lipinski definition) is 2. The molecule has 2 heterocycles. The highest BCUT2D eigenvalue weighted by atomic mass is 32.1. The van der Waals surface area contributed by atoms with Crippen LogP contribution in [0.25, 0.3) is 0 Å². The summed E-state index contributed by atoms with van der Waals surface area (Å²) in [5.41, 5.74) is 6.83. The third kappa shape index (κ3) is 3.25. The predicted molar refractivity (Wildman–Crippen MR) is 74.9 cm³/mol. The Bertz CT molecular complexity index is 631. The number of amides is 1. The molecule has 1 amide bonds. The van der Waals surface area contributed by atoms with E-state index in [0.29, 0.717) is 24.4 Å². The minimum atomic E-state index is -0.141. The molecule has 0 saturated carbocycles. The largest absolute Gasteiger partial charge is 0.469 e. The van der Waals surface area contributed by atoms with Crippen LogP contribution in [0, 0.1) is 18.8 Å². The topological polar surface area (TPSA) is 68.3 Å². The van der Waals surface area contributed by atoms with E-state index >= 15 is 0 Å². The summed E-state index contributed by atoms with van der Waals surface area (Å²) in [6.07, 6.45) is 1.51. The number of thiophene rings is 1. The third-order valence-corrected chi connectivity index (χ3v) is 3.50. The maximum Gasteiger partial charge on any atom is 0.255 e. The molecular weight excluding hydrogens is 260 g/mol. The molecular formula is C14H14N2O2S. The zero-order valence-electron chi connectivity index (χ0n) is 10.5. The Balaban J connectivity index is 2.02. The van der Waals surface area contributed by atoms with Crippen LogP contribution < -0.4 is 11.1 Å². The Morgan fingerprint density at radius 1 is 1.53 bits per heavy atom. The fourth-order valence-electron chi connectivity index (χ4n) is 1.61. The number of hydrogen-bond acceptors (Lipinski definition) is 4. The predicted octanol–water partition coefficient (Wildman–Crippen LogP) is 1.89. The van der Waals surface area contributed by atoms with Gasteiger partial charge in [0.25, 0.3) is 5.91 Å². The molecule has 19 heavy (non-hydrogen) atoms. The van der Waals surface area contributed by atoms with E-state index in [0.717, 1.165) is 10.4 Å². The summed E-state index contributed by atoms with van der Waals surface area (Å²) < 4.78 is 5.11. The van der Waals surface area contributed by atoms with Gasteiger partial charge in [0.05, 0.1) is 24.9 Å². The molecule has 0 aliphatic rings. The molecule has 0 aromatic carbocycles. The summed E-state index contributed by atoms with van der Waals surface area (Å²) in [6.45, 7) is 2.55.